The Balaban J connectivity index is 1.49. The van der Waals surface area contributed by atoms with E-state index in [9.17, 15) is 9.90 Å². The number of methoxy groups -OCH3 is 1. The normalized spacial score (nSPS) is 23.4. The van der Waals surface area contributed by atoms with Gasteiger partial charge >= 0.3 is 0 Å². The lowest BCUT2D eigenvalue weighted by atomic mass is 9.96. The number of carbonyl (C=O) groups is 1. The molecule has 1 aliphatic heterocycles. The number of nitrogens with one attached hydrogen (secondary N) is 1. The Bertz CT molecular complexity index is 669. The van der Waals surface area contributed by atoms with Crippen molar-refractivity contribution in [1.82, 2.24) is 9.88 Å². The number of aliphatic hydroxyl groups excluding tert-OH is 1. The number of hydrogen-bond donors (Lipinski definition) is 2. The highest BCUT2D eigenvalue weighted by atomic mass is 16.5. The number of benzene rings is 1. The molecule has 2 heterocycles. The summed E-state index contributed by atoms with van der Waals surface area (Å²) < 4.78 is 12.6. The van der Waals surface area contributed by atoms with E-state index < -0.39 is 6.10 Å². The van der Waals surface area contributed by atoms with Crippen molar-refractivity contribution in [2.45, 2.75) is 18.6 Å². The summed E-state index contributed by atoms with van der Waals surface area (Å²) in [6.07, 6.45) is 3.30. The van der Waals surface area contributed by atoms with E-state index in [-0.39, 0.29) is 17.9 Å². The van der Waals surface area contributed by atoms with Crippen molar-refractivity contribution in [3.63, 3.8) is 0 Å². The first-order valence-corrected chi connectivity index (χ1v) is 8.45. The second kappa shape index (κ2) is 8.29. The fraction of sp³-hybridized carbons (Fsp3) is 0.421. The lowest BCUT2D eigenvalue weighted by molar-refractivity contribution is -0.136. The van der Waals surface area contributed by atoms with E-state index in [1.165, 1.54) is 0 Å². The molecule has 6 heteroatoms. The lowest BCUT2D eigenvalue weighted by Crippen LogP contribution is -2.49. The Morgan fingerprint density at radius 1 is 1.28 bits per heavy atom. The number of hydrogen-bond acceptors (Lipinski definition) is 4. The van der Waals surface area contributed by atoms with Gasteiger partial charge in [-0.15, -0.1) is 0 Å². The summed E-state index contributed by atoms with van der Waals surface area (Å²) in [5.74, 6) is -0.223. The summed E-state index contributed by atoms with van der Waals surface area (Å²) in [7, 11) is 1.55. The van der Waals surface area contributed by atoms with Gasteiger partial charge in [0.15, 0.2) is 0 Å². The van der Waals surface area contributed by atoms with Gasteiger partial charge in [-0.2, -0.15) is 0 Å². The molecule has 0 spiro atoms. The molecule has 134 valence electrons. The largest absolute Gasteiger partial charge is 0.390 e. The molecule has 1 saturated heterocycles. The van der Waals surface area contributed by atoms with Crippen LogP contribution in [0.4, 0.5) is 0 Å². The van der Waals surface area contributed by atoms with Gasteiger partial charge < -0.3 is 24.5 Å². The predicted octanol–water partition coefficient (Wildman–Crippen LogP) is 1.16. The van der Waals surface area contributed by atoms with Crippen molar-refractivity contribution in [2.75, 3.05) is 26.9 Å². The summed E-state index contributed by atoms with van der Waals surface area (Å²) >= 11 is 0. The van der Waals surface area contributed by atoms with Crippen LogP contribution in [-0.2, 0) is 20.7 Å². The third-order valence-electron chi connectivity index (χ3n) is 4.55. The van der Waals surface area contributed by atoms with Crippen LogP contribution < -0.4 is 5.32 Å². The summed E-state index contributed by atoms with van der Waals surface area (Å²) in [5.41, 5.74) is 2.01. The molecular weight excluding hydrogens is 320 g/mol. The number of carbonyl (C=O) groups excluding carboxylic acids is 1. The minimum absolute atomic E-state index is 0.0690. The number of amides is 1. The smallest absolute Gasteiger partial charge is 0.224 e. The van der Waals surface area contributed by atoms with Crippen molar-refractivity contribution in [2.24, 2.45) is 5.92 Å². The molecule has 1 aromatic carbocycles. The maximum Gasteiger partial charge on any atom is 0.224 e. The van der Waals surface area contributed by atoms with Gasteiger partial charge in [0.25, 0.3) is 0 Å². The monoisotopic (exact) mass is 344 g/mol. The van der Waals surface area contributed by atoms with Crippen LogP contribution in [0, 0.1) is 5.92 Å². The zero-order chi connectivity index (χ0) is 17.6. The minimum Gasteiger partial charge on any atom is -0.390 e. The summed E-state index contributed by atoms with van der Waals surface area (Å²) in [5, 5.41) is 13.1. The van der Waals surface area contributed by atoms with Crippen molar-refractivity contribution in [3.05, 3.63) is 54.4 Å². The van der Waals surface area contributed by atoms with Crippen LogP contribution in [0.1, 0.15) is 5.56 Å². The predicted molar refractivity (Wildman–Crippen MR) is 93.6 cm³/mol. The van der Waals surface area contributed by atoms with Gasteiger partial charge in [-0.1, -0.05) is 12.1 Å². The summed E-state index contributed by atoms with van der Waals surface area (Å²) in [6, 6.07) is 11.8. The second-order valence-corrected chi connectivity index (χ2v) is 6.30. The van der Waals surface area contributed by atoms with Gasteiger partial charge in [-0.25, -0.2) is 0 Å². The first kappa shape index (κ1) is 17.7. The zero-order valence-corrected chi connectivity index (χ0v) is 14.3. The Morgan fingerprint density at radius 3 is 2.68 bits per heavy atom. The molecule has 0 radical (unpaired) electrons. The fourth-order valence-corrected chi connectivity index (χ4v) is 3.01. The first-order valence-electron chi connectivity index (χ1n) is 8.45. The second-order valence-electron chi connectivity index (χ2n) is 6.30. The van der Waals surface area contributed by atoms with E-state index in [2.05, 4.69) is 5.32 Å². The average Bonchev–Trinajstić information content (AvgIpc) is 3.16. The average molecular weight is 344 g/mol. The van der Waals surface area contributed by atoms with E-state index in [0.29, 0.717) is 26.2 Å². The number of aliphatic hydroxyl groups is 1. The van der Waals surface area contributed by atoms with Gasteiger partial charge in [-0.05, 0) is 29.8 Å². The first-order chi connectivity index (χ1) is 12.2. The Labute approximate surface area is 147 Å². The lowest BCUT2D eigenvalue weighted by Gasteiger charge is -2.33. The van der Waals surface area contributed by atoms with Crippen LogP contribution >= 0.6 is 0 Å². The maximum absolute atomic E-state index is 12.2. The molecular formula is C19H24N2O4. The molecule has 2 aromatic rings. The molecule has 1 aromatic heterocycles. The highest BCUT2D eigenvalue weighted by molar-refractivity contribution is 5.78. The van der Waals surface area contributed by atoms with Crippen molar-refractivity contribution in [3.8, 4) is 5.69 Å². The number of ether oxygens (including phenoxy) is 2. The molecule has 6 nitrogen and oxygen atoms in total. The molecule has 3 atom stereocenters. The van der Waals surface area contributed by atoms with E-state index in [0.717, 1.165) is 11.3 Å². The summed E-state index contributed by atoms with van der Waals surface area (Å²) in [4.78, 5) is 12.2. The maximum atomic E-state index is 12.2. The highest BCUT2D eigenvalue weighted by Crippen LogP contribution is 2.17. The zero-order valence-electron chi connectivity index (χ0n) is 14.3. The van der Waals surface area contributed by atoms with Crippen LogP contribution in [0.3, 0.4) is 0 Å². The third kappa shape index (κ3) is 4.48. The quantitative estimate of drug-likeness (QED) is 0.825. The topological polar surface area (TPSA) is 72.7 Å². The Kier molecular flexibility index (Phi) is 5.86. The minimum atomic E-state index is -0.625. The molecule has 0 bridgehead atoms. The van der Waals surface area contributed by atoms with E-state index in [1.807, 2.05) is 53.4 Å². The van der Waals surface area contributed by atoms with Crippen LogP contribution in [0.15, 0.2) is 48.8 Å². The summed E-state index contributed by atoms with van der Waals surface area (Å²) in [6.45, 7) is 1.18. The van der Waals surface area contributed by atoms with Crippen LogP contribution in [0.2, 0.25) is 0 Å². The van der Waals surface area contributed by atoms with E-state index in [1.54, 1.807) is 7.11 Å². The van der Waals surface area contributed by atoms with Crippen LogP contribution in [-0.4, -0.2) is 54.7 Å². The molecule has 0 unspecified atom stereocenters. The third-order valence-corrected chi connectivity index (χ3v) is 4.55. The van der Waals surface area contributed by atoms with Gasteiger partial charge in [0.2, 0.25) is 5.91 Å². The van der Waals surface area contributed by atoms with E-state index >= 15 is 0 Å². The Hall–Kier alpha value is -2.15. The molecule has 3 rings (SSSR count). The SMILES string of the molecule is CO[C@@H]1COC[C@@H](CNC(=O)Cc2ccc(-n3cccc3)cc2)[C@@H]1O. The van der Waals surface area contributed by atoms with Crippen LogP contribution in [0.5, 0.6) is 0 Å². The van der Waals surface area contributed by atoms with E-state index in [4.69, 9.17) is 9.47 Å². The number of nitrogens with zero attached hydrogens (tertiary/aromatic N) is 1. The highest BCUT2D eigenvalue weighted by Gasteiger charge is 2.32. The molecule has 25 heavy (non-hydrogen) atoms. The van der Waals surface area contributed by atoms with Crippen LogP contribution in [0.25, 0.3) is 5.69 Å². The molecule has 1 fully saturated rings. The molecule has 0 aliphatic carbocycles. The van der Waals surface area contributed by atoms with Crippen molar-refractivity contribution >= 4 is 5.91 Å². The Morgan fingerprint density at radius 2 is 2.00 bits per heavy atom. The van der Waals surface area contributed by atoms with Gasteiger partial charge in [-0.3, -0.25) is 4.79 Å². The number of aromatic nitrogens is 1. The standard InChI is InChI=1S/C19H24N2O4/c1-24-17-13-25-12-15(19(17)23)11-20-18(22)10-14-4-6-16(7-5-14)21-8-2-3-9-21/h2-9,15,17,19,23H,10-13H2,1H3,(H,20,22)/t15-,17-,19+/m1/s1. The molecule has 1 aliphatic rings. The van der Waals surface area contributed by atoms with Gasteiger partial charge in [0, 0.05) is 37.7 Å². The fourth-order valence-electron chi connectivity index (χ4n) is 3.01. The molecule has 2 N–H and O–H groups in total. The van der Waals surface area contributed by atoms with Gasteiger partial charge in [0.05, 0.1) is 25.7 Å². The molecule has 1 amide bonds. The molecule has 0 saturated carbocycles. The van der Waals surface area contributed by atoms with Crippen molar-refractivity contribution < 1.29 is 19.4 Å². The van der Waals surface area contributed by atoms with Crippen molar-refractivity contribution in [1.29, 1.82) is 0 Å². The van der Waals surface area contributed by atoms with Gasteiger partial charge in [0.1, 0.15) is 6.10 Å². The number of rotatable bonds is 6.